The fourth-order valence-electron chi connectivity index (χ4n) is 2.78. The minimum absolute atomic E-state index is 0.178. The summed E-state index contributed by atoms with van der Waals surface area (Å²) in [5, 5.41) is 0. The van der Waals surface area contributed by atoms with Gasteiger partial charge in [-0.15, -0.1) is 0 Å². The molecule has 1 aliphatic rings. The Morgan fingerprint density at radius 1 is 1.23 bits per heavy atom. The van der Waals surface area contributed by atoms with Crippen molar-refractivity contribution in [1.29, 1.82) is 0 Å². The third-order valence-corrected chi connectivity index (χ3v) is 3.93. The van der Waals surface area contributed by atoms with E-state index in [4.69, 9.17) is 10.5 Å². The molecule has 2 N–H and O–H groups in total. The van der Waals surface area contributed by atoms with Crippen LogP contribution >= 0.6 is 0 Å². The number of carbonyl (C=O) groups excluding carboxylic acids is 2. The molecule has 1 aromatic carbocycles. The van der Waals surface area contributed by atoms with Crippen LogP contribution in [0.15, 0.2) is 30.3 Å². The smallest absolute Gasteiger partial charge is 0.323 e. The molecule has 1 aromatic rings. The fraction of sp³-hybridized carbons (Fsp3) is 0.529. The third-order valence-electron chi connectivity index (χ3n) is 3.93. The van der Waals surface area contributed by atoms with E-state index < -0.39 is 0 Å². The van der Waals surface area contributed by atoms with Crippen LogP contribution in [0.3, 0.4) is 0 Å². The zero-order valence-electron chi connectivity index (χ0n) is 12.9. The minimum Gasteiger partial charge on any atom is -0.465 e. The normalized spacial score (nSPS) is 18.8. The maximum atomic E-state index is 12.3. The summed E-state index contributed by atoms with van der Waals surface area (Å²) in [5.41, 5.74) is 6.28. The lowest BCUT2D eigenvalue weighted by molar-refractivity contribution is -0.152. The molecule has 0 radical (unpaired) electrons. The number of esters is 1. The van der Waals surface area contributed by atoms with Crippen molar-refractivity contribution in [2.24, 2.45) is 5.73 Å². The molecule has 0 aromatic heterocycles. The van der Waals surface area contributed by atoms with Gasteiger partial charge in [0.05, 0.1) is 6.61 Å². The van der Waals surface area contributed by atoms with Gasteiger partial charge < -0.3 is 10.5 Å². The van der Waals surface area contributed by atoms with E-state index in [0.29, 0.717) is 6.42 Å². The number of primary amides is 1. The van der Waals surface area contributed by atoms with Crippen LogP contribution < -0.4 is 5.73 Å². The number of rotatable bonds is 7. The van der Waals surface area contributed by atoms with Gasteiger partial charge in [-0.1, -0.05) is 36.8 Å². The number of nitrogens with zero attached hydrogens (tertiary/aromatic N) is 1. The van der Waals surface area contributed by atoms with Crippen LogP contribution in [0, 0.1) is 0 Å². The van der Waals surface area contributed by atoms with Crippen molar-refractivity contribution < 1.29 is 14.3 Å². The molecule has 0 saturated carbocycles. The van der Waals surface area contributed by atoms with Gasteiger partial charge in [-0.3, -0.25) is 14.5 Å². The molecule has 1 atom stereocenters. The van der Waals surface area contributed by atoms with Gasteiger partial charge in [-0.2, -0.15) is 0 Å². The van der Waals surface area contributed by atoms with Crippen LogP contribution in [0.5, 0.6) is 0 Å². The van der Waals surface area contributed by atoms with Gasteiger partial charge in [0.2, 0.25) is 5.91 Å². The highest BCUT2D eigenvalue weighted by atomic mass is 16.5. The molecule has 120 valence electrons. The second-order valence-corrected chi connectivity index (χ2v) is 5.71. The predicted octanol–water partition coefficient (Wildman–Crippen LogP) is 1.85. The van der Waals surface area contributed by atoms with Crippen molar-refractivity contribution in [3.63, 3.8) is 0 Å². The number of amides is 1. The number of piperidine rings is 1. The van der Waals surface area contributed by atoms with Gasteiger partial charge in [0.1, 0.15) is 6.04 Å². The van der Waals surface area contributed by atoms with E-state index in [2.05, 4.69) is 17.0 Å². The highest BCUT2D eigenvalue weighted by Crippen LogP contribution is 2.20. The topological polar surface area (TPSA) is 72.6 Å². The molecule has 5 heteroatoms. The summed E-state index contributed by atoms with van der Waals surface area (Å²) in [4.78, 5) is 25.1. The lowest BCUT2D eigenvalue weighted by Crippen LogP contribution is -2.45. The Balaban J connectivity index is 1.86. The molecule has 0 bridgehead atoms. The first-order chi connectivity index (χ1) is 10.7. The first-order valence-electron chi connectivity index (χ1n) is 7.90. The third kappa shape index (κ3) is 5.15. The van der Waals surface area contributed by atoms with Crippen molar-refractivity contribution in [2.45, 2.75) is 44.7 Å². The van der Waals surface area contributed by atoms with Crippen LogP contribution in [0.2, 0.25) is 0 Å². The molecule has 0 spiro atoms. The highest BCUT2D eigenvalue weighted by molar-refractivity contribution is 5.76. The van der Waals surface area contributed by atoms with Crippen molar-refractivity contribution in [3.8, 4) is 0 Å². The summed E-state index contributed by atoms with van der Waals surface area (Å²) in [6.07, 6.45) is 3.74. The maximum Gasteiger partial charge on any atom is 0.323 e. The molecule has 1 fully saturated rings. The van der Waals surface area contributed by atoms with Crippen LogP contribution in [0.25, 0.3) is 0 Å². The second kappa shape index (κ2) is 8.54. The van der Waals surface area contributed by atoms with Crippen molar-refractivity contribution in [3.05, 3.63) is 35.9 Å². The molecule has 1 heterocycles. The van der Waals surface area contributed by atoms with E-state index in [-0.39, 0.29) is 30.9 Å². The minimum atomic E-state index is -0.362. The molecule has 0 aliphatic carbocycles. The number of nitrogens with two attached hydrogens (primary N) is 1. The van der Waals surface area contributed by atoms with Crippen LogP contribution in [-0.4, -0.2) is 36.0 Å². The number of benzene rings is 1. The monoisotopic (exact) mass is 304 g/mol. The molecular formula is C17H24N2O3. The molecule has 1 aliphatic heterocycles. The number of likely N-dealkylation sites (tertiary alicyclic amines) is 1. The number of hydrogen-bond donors (Lipinski definition) is 1. The van der Waals surface area contributed by atoms with Gasteiger partial charge in [0, 0.05) is 13.0 Å². The zero-order chi connectivity index (χ0) is 15.8. The highest BCUT2D eigenvalue weighted by Gasteiger charge is 2.29. The van der Waals surface area contributed by atoms with Crippen molar-refractivity contribution >= 4 is 11.9 Å². The van der Waals surface area contributed by atoms with E-state index in [1.54, 1.807) is 0 Å². The summed E-state index contributed by atoms with van der Waals surface area (Å²) >= 11 is 0. The molecule has 22 heavy (non-hydrogen) atoms. The maximum absolute atomic E-state index is 12.3. The largest absolute Gasteiger partial charge is 0.465 e. The molecule has 0 unspecified atom stereocenters. The Kier molecular flexibility index (Phi) is 6.40. The summed E-state index contributed by atoms with van der Waals surface area (Å²) in [6.45, 7) is 1.94. The van der Waals surface area contributed by atoms with E-state index in [1.807, 2.05) is 18.2 Å². The van der Waals surface area contributed by atoms with Gasteiger partial charge in [-0.05, 0) is 31.4 Å². The molecule has 1 saturated heterocycles. The Labute approximate surface area is 131 Å². The number of ether oxygens (including phenoxy) is 1. The molecular weight excluding hydrogens is 280 g/mol. The van der Waals surface area contributed by atoms with E-state index in [9.17, 15) is 9.59 Å². The standard InChI is InChI=1S/C17H24N2O3/c18-16(20)10-6-12-22-17(21)15-9-4-5-11-19(15)13-14-7-2-1-3-8-14/h1-3,7-8,15H,4-6,9-13H2,(H2,18,20)/t15-/m1/s1. The Hall–Kier alpha value is -1.88. The Morgan fingerprint density at radius 2 is 2.00 bits per heavy atom. The van der Waals surface area contributed by atoms with Crippen LogP contribution in [0.1, 0.15) is 37.7 Å². The quantitative estimate of drug-likeness (QED) is 0.616. The van der Waals surface area contributed by atoms with E-state index >= 15 is 0 Å². The summed E-state index contributed by atoms with van der Waals surface area (Å²) < 4.78 is 5.31. The molecule has 5 nitrogen and oxygen atoms in total. The van der Waals surface area contributed by atoms with Crippen molar-refractivity contribution in [1.82, 2.24) is 4.90 Å². The first kappa shape index (κ1) is 16.5. The number of carbonyl (C=O) groups is 2. The SMILES string of the molecule is NC(=O)CCCOC(=O)[C@H]1CCCCN1Cc1ccccc1. The van der Waals surface area contributed by atoms with E-state index in [1.165, 1.54) is 5.56 Å². The lowest BCUT2D eigenvalue weighted by Gasteiger charge is -2.34. The average Bonchev–Trinajstić information content (AvgIpc) is 2.53. The first-order valence-corrected chi connectivity index (χ1v) is 7.90. The number of hydrogen-bond acceptors (Lipinski definition) is 4. The summed E-state index contributed by atoms with van der Waals surface area (Å²) in [6, 6.07) is 9.98. The second-order valence-electron chi connectivity index (χ2n) is 5.71. The summed E-state index contributed by atoms with van der Waals surface area (Å²) in [5.74, 6) is -0.542. The van der Waals surface area contributed by atoms with Crippen LogP contribution in [-0.2, 0) is 20.9 Å². The van der Waals surface area contributed by atoms with Gasteiger partial charge in [0.15, 0.2) is 0 Å². The zero-order valence-corrected chi connectivity index (χ0v) is 12.9. The molecule has 2 rings (SSSR count). The lowest BCUT2D eigenvalue weighted by atomic mass is 10.0. The molecule has 1 amide bonds. The van der Waals surface area contributed by atoms with Gasteiger partial charge in [0.25, 0.3) is 0 Å². The predicted molar refractivity (Wildman–Crippen MR) is 83.9 cm³/mol. The summed E-state index contributed by atoms with van der Waals surface area (Å²) in [7, 11) is 0. The Morgan fingerprint density at radius 3 is 2.73 bits per heavy atom. The van der Waals surface area contributed by atoms with Crippen LogP contribution in [0.4, 0.5) is 0 Å². The Bertz CT molecular complexity index is 490. The van der Waals surface area contributed by atoms with Crippen molar-refractivity contribution in [2.75, 3.05) is 13.2 Å². The van der Waals surface area contributed by atoms with Gasteiger partial charge in [-0.25, -0.2) is 0 Å². The van der Waals surface area contributed by atoms with E-state index in [0.717, 1.165) is 32.4 Å². The van der Waals surface area contributed by atoms with Gasteiger partial charge >= 0.3 is 5.97 Å². The average molecular weight is 304 g/mol. The fourth-order valence-corrected chi connectivity index (χ4v) is 2.78.